The van der Waals surface area contributed by atoms with Crippen LogP contribution in [0.5, 0.6) is 0 Å². The monoisotopic (exact) mass is 650 g/mol. The molecule has 4 aromatic rings. The summed E-state index contributed by atoms with van der Waals surface area (Å²) in [6.45, 7) is 1.39. The molecule has 0 fully saturated rings. The number of nitrogens with zero attached hydrogens (tertiary/aromatic N) is 2. The smallest absolute Gasteiger partial charge is 0.458 e. The van der Waals surface area contributed by atoms with Crippen molar-refractivity contribution in [1.29, 1.82) is 0 Å². The van der Waals surface area contributed by atoms with Gasteiger partial charge >= 0.3 is 18.1 Å². The molecular formula is C33H26F4N4O6. The summed E-state index contributed by atoms with van der Waals surface area (Å²) in [6.07, 6.45) is -4.34. The van der Waals surface area contributed by atoms with Crippen LogP contribution in [0.4, 0.5) is 23.2 Å². The highest BCUT2D eigenvalue weighted by atomic mass is 19.4. The molecule has 0 spiro atoms. The van der Waals surface area contributed by atoms with Gasteiger partial charge in [0.1, 0.15) is 12.4 Å². The first kappa shape index (κ1) is 30.5. The summed E-state index contributed by atoms with van der Waals surface area (Å²) >= 11 is 0. The molecule has 2 aromatic heterocycles. The zero-order chi connectivity index (χ0) is 33.4. The summed E-state index contributed by atoms with van der Waals surface area (Å²) in [5.41, 5.74) is 1.32. The third-order valence-corrected chi connectivity index (χ3v) is 9.10. The summed E-state index contributed by atoms with van der Waals surface area (Å²) in [6, 6.07) is 9.12. The number of aromatic nitrogens is 2. The molecular weight excluding hydrogens is 624 g/mol. The molecule has 2 aromatic carbocycles. The summed E-state index contributed by atoms with van der Waals surface area (Å²) in [5.74, 6) is -3.85. The highest BCUT2D eigenvalue weighted by Crippen LogP contribution is 2.45. The van der Waals surface area contributed by atoms with Crippen LogP contribution < -0.4 is 16.2 Å². The van der Waals surface area contributed by atoms with Crippen molar-refractivity contribution in [3.8, 4) is 11.4 Å². The molecule has 2 atom stereocenters. The Bertz CT molecular complexity index is 2090. The van der Waals surface area contributed by atoms with Gasteiger partial charge in [0.25, 0.3) is 5.56 Å². The number of ether oxygens (including phenoxy) is 1. The average Bonchev–Trinajstić information content (AvgIpc) is 3.39. The van der Waals surface area contributed by atoms with Crippen molar-refractivity contribution in [3.63, 3.8) is 0 Å². The van der Waals surface area contributed by atoms with Gasteiger partial charge in [-0.05, 0) is 60.2 Å². The van der Waals surface area contributed by atoms with Crippen LogP contribution in [0.15, 0.2) is 47.3 Å². The lowest BCUT2D eigenvalue weighted by molar-refractivity contribution is -0.172. The van der Waals surface area contributed by atoms with Crippen molar-refractivity contribution in [1.82, 2.24) is 14.9 Å². The van der Waals surface area contributed by atoms with E-state index in [1.165, 1.54) is 41.0 Å². The minimum absolute atomic E-state index is 0.0292. The standard InChI is InChI=1S/C33H26F4N4O6/c1-2-32(46)21-12-24-28-19(13-41(24)29(43)20(21)14-47-31(32)45)27-22(8-5-16-10-17(34)11-23(40-28)26(16)27)39-25(42)9-15-3-6-18(7-4-15)38-30(44)33(35,36)37/h3-4,6-7,10-12,22,46H,2,5,8-9,13-14H2,1H3,(H,38,44)(H,39,42)/t22-,32-/m0/s1. The normalized spacial score (nSPS) is 19.4. The molecule has 2 amide bonds. The molecule has 0 bridgehead atoms. The zero-order valence-electron chi connectivity index (χ0n) is 24.8. The van der Waals surface area contributed by atoms with Gasteiger partial charge in [-0.25, -0.2) is 14.2 Å². The third-order valence-electron chi connectivity index (χ3n) is 9.10. The number of aliphatic hydroxyl groups is 1. The highest BCUT2D eigenvalue weighted by Gasteiger charge is 2.46. The lowest BCUT2D eigenvalue weighted by Crippen LogP contribution is -2.44. The quantitative estimate of drug-likeness (QED) is 0.193. The molecule has 3 N–H and O–H groups in total. The number of aryl methyl sites for hydroxylation is 1. The number of halogens is 4. The number of rotatable bonds is 5. The fourth-order valence-corrected chi connectivity index (χ4v) is 6.80. The first-order chi connectivity index (χ1) is 22.3. The number of esters is 1. The lowest BCUT2D eigenvalue weighted by atomic mass is 9.83. The first-order valence-electron chi connectivity index (χ1n) is 14.9. The Morgan fingerprint density at radius 2 is 1.87 bits per heavy atom. The van der Waals surface area contributed by atoms with Crippen LogP contribution in [-0.4, -0.2) is 38.6 Å². The fourth-order valence-electron chi connectivity index (χ4n) is 6.80. The predicted octanol–water partition coefficient (Wildman–Crippen LogP) is 4.07. The molecule has 4 heterocycles. The Hall–Kier alpha value is -5.11. The Labute approximate surface area is 263 Å². The van der Waals surface area contributed by atoms with Crippen molar-refractivity contribution in [2.75, 3.05) is 5.32 Å². The maximum Gasteiger partial charge on any atom is 0.471 e. The number of carbonyl (C=O) groups is 3. The second kappa shape index (κ2) is 10.7. The van der Waals surface area contributed by atoms with Crippen LogP contribution in [0.25, 0.3) is 22.3 Å². The number of benzene rings is 2. The second-order valence-electron chi connectivity index (χ2n) is 11.9. The minimum Gasteiger partial charge on any atom is -0.458 e. The van der Waals surface area contributed by atoms with Crippen molar-refractivity contribution in [2.45, 2.75) is 63.6 Å². The van der Waals surface area contributed by atoms with Gasteiger partial charge in [-0.15, -0.1) is 0 Å². The van der Waals surface area contributed by atoms with Gasteiger partial charge in [-0.2, -0.15) is 13.2 Å². The van der Waals surface area contributed by atoms with Crippen LogP contribution in [0.1, 0.15) is 59.2 Å². The Morgan fingerprint density at radius 3 is 2.57 bits per heavy atom. The number of fused-ring (bicyclic) bond motifs is 5. The second-order valence-corrected chi connectivity index (χ2v) is 11.9. The van der Waals surface area contributed by atoms with Gasteiger partial charge < -0.3 is 25.0 Å². The van der Waals surface area contributed by atoms with E-state index in [9.17, 15) is 41.8 Å². The van der Waals surface area contributed by atoms with Crippen molar-refractivity contribution >= 4 is 34.4 Å². The molecule has 10 nitrogen and oxygen atoms in total. The molecule has 7 rings (SSSR count). The Kier molecular flexibility index (Phi) is 6.97. The largest absolute Gasteiger partial charge is 0.471 e. The number of amides is 2. The number of cyclic esters (lactones) is 1. The van der Waals surface area contributed by atoms with Crippen molar-refractivity contribution < 1.29 is 41.8 Å². The van der Waals surface area contributed by atoms with Gasteiger partial charge in [0.15, 0.2) is 5.60 Å². The lowest BCUT2D eigenvalue weighted by Gasteiger charge is -2.31. The number of alkyl halides is 3. The van der Waals surface area contributed by atoms with E-state index in [0.29, 0.717) is 57.4 Å². The molecule has 2 aliphatic heterocycles. The molecule has 1 aliphatic carbocycles. The van der Waals surface area contributed by atoms with E-state index in [1.54, 1.807) is 18.3 Å². The Balaban J connectivity index is 1.24. The number of nitrogens with one attached hydrogen (secondary N) is 2. The van der Waals surface area contributed by atoms with E-state index in [-0.39, 0.29) is 42.8 Å². The average molecular weight is 651 g/mol. The summed E-state index contributed by atoms with van der Waals surface area (Å²) in [4.78, 5) is 55.6. The van der Waals surface area contributed by atoms with Gasteiger partial charge in [-0.1, -0.05) is 19.1 Å². The van der Waals surface area contributed by atoms with Crippen LogP contribution in [0.3, 0.4) is 0 Å². The summed E-state index contributed by atoms with van der Waals surface area (Å²) < 4.78 is 59.1. The molecule has 0 radical (unpaired) electrons. The van der Waals surface area contributed by atoms with E-state index in [2.05, 4.69) is 5.32 Å². The Morgan fingerprint density at radius 1 is 1.13 bits per heavy atom. The topological polar surface area (TPSA) is 140 Å². The van der Waals surface area contributed by atoms with Crippen LogP contribution in [-0.2, 0) is 50.7 Å². The molecule has 14 heteroatoms. The number of anilines is 1. The van der Waals surface area contributed by atoms with Gasteiger partial charge in [0.05, 0.1) is 41.5 Å². The highest BCUT2D eigenvalue weighted by molar-refractivity contribution is 5.95. The van der Waals surface area contributed by atoms with E-state index >= 15 is 0 Å². The van der Waals surface area contributed by atoms with Crippen LogP contribution >= 0.6 is 0 Å². The number of pyridine rings is 2. The predicted molar refractivity (Wildman–Crippen MR) is 159 cm³/mol. The van der Waals surface area contributed by atoms with Gasteiger partial charge in [0, 0.05) is 28.3 Å². The van der Waals surface area contributed by atoms with Gasteiger partial charge in [0.2, 0.25) is 5.91 Å². The summed E-state index contributed by atoms with van der Waals surface area (Å²) in [7, 11) is 0. The maximum absolute atomic E-state index is 14.7. The van der Waals surface area contributed by atoms with E-state index in [4.69, 9.17) is 9.72 Å². The molecule has 0 unspecified atom stereocenters. The molecule has 47 heavy (non-hydrogen) atoms. The molecule has 242 valence electrons. The minimum atomic E-state index is -5.04. The molecule has 0 saturated carbocycles. The zero-order valence-corrected chi connectivity index (χ0v) is 24.8. The van der Waals surface area contributed by atoms with Crippen LogP contribution in [0.2, 0.25) is 0 Å². The number of hydrogen-bond acceptors (Lipinski definition) is 7. The number of hydrogen-bond donors (Lipinski definition) is 3. The number of carbonyl (C=O) groups excluding carboxylic acids is 3. The van der Waals surface area contributed by atoms with Gasteiger partial charge in [-0.3, -0.25) is 14.4 Å². The maximum atomic E-state index is 14.7. The first-order valence-corrected chi connectivity index (χ1v) is 14.9. The fraction of sp³-hybridized carbons (Fsp3) is 0.303. The van der Waals surface area contributed by atoms with Crippen LogP contribution in [0, 0.1) is 5.82 Å². The van der Waals surface area contributed by atoms with E-state index in [1.807, 2.05) is 0 Å². The SMILES string of the molecule is CC[C@@]1(O)C(=O)OCc2c1cc1n(c2=O)Cc2c-1nc1cc(F)cc3c1c2[C@@H](NC(=O)Cc1ccc(NC(=O)C(F)(F)F)cc1)CC3. The third kappa shape index (κ3) is 4.94. The van der Waals surface area contributed by atoms with Crippen molar-refractivity contribution in [2.24, 2.45) is 0 Å². The summed E-state index contributed by atoms with van der Waals surface area (Å²) in [5, 5.41) is 16.7. The van der Waals surface area contributed by atoms with E-state index < -0.39 is 47.0 Å². The van der Waals surface area contributed by atoms with Crippen molar-refractivity contribution in [3.05, 3.63) is 92.0 Å². The molecule has 0 saturated heterocycles. The molecule has 3 aliphatic rings. The van der Waals surface area contributed by atoms with E-state index in [0.717, 1.165) is 0 Å².